The van der Waals surface area contributed by atoms with E-state index >= 15 is 0 Å². The summed E-state index contributed by atoms with van der Waals surface area (Å²) >= 11 is 0. The number of rotatable bonds is 9. The van der Waals surface area contributed by atoms with Gasteiger partial charge >= 0.3 is 13.1 Å². The minimum Gasteiger partial charge on any atom is -0.460 e. The minimum absolute atomic E-state index is 0.109. The number of aromatic nitrogens is 1. The maximum Gasteiger partial charge on any atom is 0.496 e. The highest BCUT2D eigenvalue weighted by Gasteiger charge is 2.51. The van der Waals surface area contributed by atoms with E-state index in [9.17, 15) is 4.79 Å². The lowest BCUT2D eigenvalue weighted by Gasteiger charge is -2.32. The van der Waals surface area contributed by atoms with E-state index in [1.807, 2.05) is 66.8 Å². The normalized spacial score (nSPS) is 18.0. The van der Waals surface area contributed by atoms with Crippen LogP contribution in [0.2, 0.25) is 0 Å². The summed E-state index contributed by atoms with van der Waals surface area (Å²) in [5.41, 5.74) is -0.168. The van der Waals surface area contributed by atoms with Crippen LogP contribution in [0.15, 0.2) is 18.3 Å². The second-order valence-electron chi connectivity index (χ2n) is 9.74. The molecule has 0 aromatic carbocycles. The van der Waals surface area contributed by atoms with E-state index in [4.69, 9.17) is 14.0 Å². The molecule has 1 aliphatic rings. The summed E-state index contributed by atoms with van der Waals surface area (Å²) in [6.07, 6.45) is 6.31. The summed E-state index contributed by atoms with van der Waals surface area (Å²) in [4.78, 5) is 16.1. The molecule has 0 saturated carbocycles. The van der Waals surface area contributed by atoms with Gasteiger partial charge in [-0.15, -0.1) is 0 Å². The number of nitrogens with zero attached hydrogens (tertiary/aromatic N) is 1. The van der Waals surface area contributed by atoms with E-state index in [1.54, 1.807) is 0 Å². The largest absolute Gasteiger partial charge is 0.496 e. The zero-order valence-electron chi connectivity index (χ0n) is 19.1. The van der Waals surface area contributed by atoms with Crippen molar-refractivity contribution in [2.75, 3.05) is 11.9 Å². The first-order valence-electron chi connectivity index (χ1n) is 10.7. The van der Waals surface area contributed by atoms with Gasteiger partial charge in [0.25, 0.3) is 0 Å². The molecule has 2 rings (SSSR count). The number of carbonyl (C=O) groups is 1. The third-order valence-corrected chi connectivity index (χ3v) is 5.35. The highest BCUT2D eigenvalue weighted by atomic mass is 16.7. The molecule has 6 nitrogen and oxygen atoms in total. The predicted octanol–water partition coefficient (Wildman–Crippen LogP) is 4.08. The number of pyridine rings is 1. The van der Waals surface area contributed by atoms with Crippen molar-refractivity contribution in [3.8, 4) is 0 Å². The van der Waals surface area contributed by atoms with Crippen LogP contribution >= 0.6 is 0 Å². The Morgan fingerprint density at radius 1 is 1.07 bits per heavy atom. The molecule has 2 heterocycles. The molecule has 1 N–H and O–H groups in total. The standard InChI is InChI=1S/C22H37BN2O4/c1-20(2,3)27-19(26)12-10-8-9-11-15-24-18-14-13-17(16-25-18)23-28-21(4,5)22(6,7)29-23/h13-14,16H,8-12,15H2,1-7H3,(H,24,25). The monoisotopic (exact) mass is 404 g/mol. The van der Waals surface area contributed by atoms with Crippen LogP contribution in [0.3, 0.4) is 0 Å². The molecule has 0 bridgehead atoms. The van der Waals surface area contributed by atoms with Gasteiger partial charge in [0.05, 0.1) is 11.2 Å². The number of unbranched alkanes of at least 4 members (excludes halogenated alkanes) is 3. The van der Waals surface area contributed by atoms with Gasteiger partial charge in [0.2, 0.25) is 0 Å². The Morgan fingerprint density at radius 2 is 1.69 bits per heavy atom. The van der Waals surface area contributed by atoms with Crippen LogP contribution in [-0.4, -0.2) is 41.4 Å². The molecule has 1 saturated heterocycles. The molecule has 7 heteroatoms. The van der Waals surface area contributed by atoms with Crippen LogP contribution in [0.4, 0.5) is 5.82 Å². The van der Waals surface area contributed by atoms with Crippen molar-refractivity contribution in [2.24, 2.45) is 0 Å². The van der Waals surface area contributed by atoms with Crippen LogP contribution in [0.5, 0.6) is 0 Å². The Kier molecular flexibility index (Phi) is 7.74. The van der Waals surface area contributed by atoms with Gasteiger partial charge in [-0.1, -0.05) is 18.9 Å². The Hall–Kier alpha value is -1.60. The zero-order chi connectivity index (χ0) is 21.7. The molecule has 0 amide bonds. The molecule has 1 aromatic rings. The maximum absolute atomic E-state index is 11.7. The van der Waals surface area contributed by atoms with E-state index < -0.39 is 5.60 Å². The van der Waals surface area contributed by atoms with Crippen molar-refractivity contribution >= 4 is 24.4 Å². The van der Waals surface area contributed by atoms with Crippen molar-refractivity contribution in [3.63, 3.8) is 0 Å². The molecule has 0 radical (unpaired) electrons. The fourth-order valence-electron chi connectivity index (χ4n) is 2.99. The Morgan fingerprint density at radius 3 is 2.24 bits per heavy atom. The van der Waals surface area contributed by atoms with Gasteiger partial charge in [-0.2, -0.15) is 0 Å². The quantitative estimate of drug-likeness (QED) is 0.380. The average molecular weight is 404 g/mol. The molecule has 0 aliphatic carbocycles. The smallest absolute Gasteiger partial charge is 0.460 e. The second-order valence-corrected chi connectivity index (χ2v) is 9.74. The second kappa shape index (κ2) is 9.48. The number of nitrogens with one attached hydrogen (secondary N) is 1. The lowest BCUT2D eigenvalue weighted by atomic mass is 9.80. The number of carbonyl (C=O) groups excluding carboxylic acids is 1. The van der Waals surface area contributed by atoms with E-state index in [-0.39, 0.29) is 24.3 Å². The molecule has 1 aliphatic heterocycles. The van der Waals surface area contributed by atoms with Crippen molar-refractivity contribution in [2.45, 2.75) is 97.4 Å². The van der Waals surface area contributed by atoms with Crippen molar-refractivity contribution < 1.29 is 18.8 Å². The fraction of sp³-hybridized carbons (Fsp3) is 0.727. The van der Waals surface area contributed by atoms with Gasteiger partial charge < -0.3 is 19.4 Å². The predicted molar refractivity (Wildman–Crippen MR) is 117 cm³/mol. The van der Waals surface area contributed by atoms with Gasteiger partial charge in [0.1, 0.15) is 11.4 Å². The molecule has 1 aromatic heterocycles. The summed E-state index contributed by atoms with van der Waals surface area (Å²) < 4.78 is 17.4. The third kappa shape index (κ3) is 7.30. The van der Waals surface area contributed by atoms with Crippen LogP contribution in [0, 0.1) is 0 Å². The number of ether oxygens (including phenoxy) is 1. The molecule has 162 valence electrons. The third-order valence-electron chi connectivity index (χ3n) is 5.35. The first kappa shape index (κ1) is 23.7. The van der Waals surface area contributed by atoms with Gasteiger partial charge in [0, 0.05) is 24.6 Å². The van der Waals surface area contributed by atoms with Crippen LogP contribution in [0.1, 0.15) is 80.6 Å². The van der Waals surface area contributed by atoms with Gasteiger partial charge in [0.15, 0.2) is 0 Å². The minimum atomic E-state index is -0.397. The van der Waals surface area contributed by atoms with E-state index in [0.29, 0.717) is 6.42 Å². The summed E-state index contributed by atoms with van der Waals surface area (Å²) in [7, 11) is -0.383. The fourth-order valence-corrected chi connectivity index (χ4v) is 2.99. The highest BCUT2D eigenvalue weighted by Crippen LogP contribution is 2.36. The number of hydrogen-bond acceptors (Lipinski definition) is 6. The topological polar surface area (TPSA) is 69.7 Å². The van der Waals surface area contributed by atoms with Crippen molar-refractivity contribution in [1.29, 1.82) is 0 Å². The first-order valence-corrected chi connectivity index (χ1v) is 10.7. The zero-order valence-corrected chi connectivity index (χ0v) is 19.1. The van der Waals surface area contributed by atoms with E-state index in [2.05, 4.69) is 10.3 Å². The Balaban J connectivity index is 1.63. The first-order chi connectivity index (χ1) is 13.4. The SMILES string of the molecule is CC(C)(C)OC(=O)CCCCCCNc1ccc(B2OC(C)(C)C(C)(C)O2)cn1. The number of esters is 1. The van der Waals surface area contributed by atoms with E-state index in [0.717, 1.165) is 43.5 Å². The van der Waals surface area contributed by atoms with Crippen LogP contribution < -0.4 is 10.8 Å². The lowest BCUT2D eigenvalue weighted by Crippen LogP contribution is -2.41. The van der Waals surface area contributed by atoms with Crippen molar-refractivity contribution in [3.05, 3.63) is 18.3 Å². The van der Waals surface area contributed by atoms with E-state index in [1.165, 1.54) is 0 Å². The highest BCUT2D eigenvalue weighted by molar-refractivity contribution is 6.62. The molecule has 1 fully saturated rings. The van der Waals surface area contributed by atoms with Crippen LogP contribution in [0.25, 0.3) is 0 Å². The molecular formula is C22H37BN2O4. The van der Waals surface area contributed by atoms with Gasteiger partial charge in [-0.25, -0.2) is 4.98 Å². The average Bonchev–Trinajstić information content (AvgIpc) is 2.80. The van der Waals surface area contributed by atoms with Crippen molar-refractivity contribution in [1.82, 2.24) is 4.98 Å². The van der Waals surface area contributed by atoms with Crippen LogP contribution in [-0.2, 0) is 18.8 Å². The molecule has 29 heavy (non-hydrogen) atoms. The lowest BCUT2D eigenvalue weighted by molar-refractivity contribution is -0.154. The Labute approximate surface area is 176 Å². The summed E-state index contributed by atoms with van der Waals surface area (Å²) in [6, 6.07) is 3.96. The summed E-state index contributed by atoms with van der Waals surface area (Å²) in [6.45, 7) is 14.7. The summed E-state index contributed by atoms with van der Waals surface area (Å²) in [5, 5.41) is 3.34. The molecule has 0 unspecified atom stereocenters. The maximum atomic E-state index is 11.7. The Bertz CT molecular complexity index is 652. The number of hydrogen-bond donors (Lipinski definition) is 1. The molecule has 0 spiro atoms. The van der Waals surface area contributed by atoms with Gasteiger partial charge in [-0.05, 0) is 67.4 Å². The summed E-state index contributed by atoms with van der Waals surface area (Å²) in [5.74, 6) is 0.737. The van der Waals surface area contributed by atoms with Gasteiger partial charge in [-0.3, -0.25) is 4.79 Å². The number of anilines is 1. The molecule has 0 atom stereocenters. The molecular weight excluding hydrogens is 367 g/mol.